The Morgan fingerprint density at radius 1 is 0.786 bits per heavy atom. The van der Waals surface area contributed by atoms with E-state index in [1.165, 1.54) is 24.3 Å². The van der Waals surface area contributed by atoms with E-state index in [4.69, 9.17) is 4.42 Å². The minimum atomic E-state index is -0.415. The maximum absolute atomic E-state index is 12.9. The molecule has 2 N–H and O–H groups in total. The third kappa shape index (κ3) is 4.07. The second kappa shape index (κ2) is 7.75. The molecule has 0 aliphatic rings. The van der Waals surface area contributed by atoms with Crippen LogP contribution in [0.3, 0.4) is 0 Å². The van der Waals surface area contributed by atoms with Crippen molar-refractivity contribution in [3.05, 3.63) is 90.9 Å². The fraction of sp³-hybridized carbons (Fsp3) is 0. The van der Waals surface area contributed by atoms with Crippen LogP contribution in [0.1, 0.15) is 0 Å². The molecule has 3 aromatic carbocycles. The Morgan fingerprint density at radius 3 is 2.04 bits per heavy atom. The summed E-state index contributed by atoms with van der Waals surface area (Å²) in [6.07, 6.45) is 1.62. The number of hydrogen-bond donors (Lipinski definition) is 2. The fourth-order valence-electron chi connectivity index (χ4n) is 2.67. The smallest absolute Gasteiger partial charge is 0.323 e. The van der Waals surface area contributed by atoms with Crippen LogP contribution >= 0.6 is 0 Å². The topological polar surface area (TPSA) is 67.2 Å². The lowest BCUT2D eigenvalue weighted by Crippen LogP contribution is -2.19. The average Bonchev–Trinajstić information content (AvgIpc) is 3.21. The molecule has 0 aliphatic carbocycles. The van der Waals surface area contributed by atoms with Crippen molar-refractivity contribution in [3.63, 3.8) is 0 Å². The van der Waals surface area contributed by atoms with Gasteiger partial charge in [0.15, 0.2) is 0 Å². The Hall–Kier alpha value is -3.93. The number of hydrogen-bond acceptors (Lipinski definition) is 3. The molecular formula is C22H16FN3O2. The molecule has 0 bridgehead atoms. The summed E-state index contributed by atoms with van der Waals surface area (Å²) >= 11 is 0. The van der Waals surface area contributed by atoms with Gasteiger partial charge in [0, 0.05) is 22.5 Å². The average molecular weight is 373 g/mol. The quantitative estimate of drug-likeness (QED) is 0.476. The minimum Gasteiger partial charge on any atom is -0.444 e. The van der Waals surface area contributed by atoms with Gasteiger partial charge >= 0.3 is 6.03 Å². The number of aromatic nitrogens is 1. The number of benzene rings is 3. The van der Waals surface area contributed by atoms with Gasteiger partial charge in [0.1, 0.15) is 17.8 Å². The van der Waals surface area contributed by atoms with Gasteiger partial charge in [-0.2, -0.15) is 0 Å². The highest BCUT2D eigenvalue weighted by atomic mass is 19.1. The van der Waals surface area contributed by atoms with Crippen molar-refractivity contribution < 1.29 is 13.6 Å². The molecule has 138 valence electrons. The summed E-state index contributed by atoms with van der Waals surface area (Å²) in [5.41, 5.74) is 3.65. The molecule has 6 heteroatoms. The number of carbonyl (C=O) groups excluding carboxylic acids is 1. The Kier molecular flexibility index (Phi) is 4.84. The second-order valence-corrected chi connectivity index (χ2v) is 6.07. The van der Waals surface area contributed by atoms with Crippen LogP contribution in [0.15, 0.2) is 89.5 Å². The van der Waals surface area contributed by atoms with Gasteiger partial charge in [-0.15, -0.1) is 0 Å². The molecule has 28 heavy (non-hydrogen) atoms. The lowest BCUT2D eigenvalue weighted by atomic mass is 10.2. The molecule has 0 unspecified atom stereocenters. The lowest BCUT2D eigenvalue weighted by molar-refractivity contribution is 0.262. The van der Waals surface area contributed by atoms with Crippen molar-refractivity contribution in [2.75, 3.05) is 10.6 Å². The number of urea groups is 1. The van der Waals surface area contributed by atoms with Crippen LogP contribution in [-0.2, 0) is 0 Å². The molecule has 0 saturated carbocycles. The molecule has 0 aliphatic heterocycles. The molecule has 0 radical (unpaired) electrons. The number of anilines is 2. The molecule has 0 spiro atoms. The molecule has 1 aromatic heterocycles. The molecule has 4 aromatic rings. The van der Waals surface area contributed by atoms with Gasteiger partial charge < -0.3 is 15.1 Å². The number of nitrogens with one attached hydrogen (secondary N) is 2. The summed E-state index contributed by atoms with van der Waals surface area (Å²) in [6.45, 7) is 0. The van der Waals surface area contributed by atoms with Crippen molar-refractivity contribution in [2.45, 2.75) is 0 Å². The number of amides is 2. The van der Waals surface area contributed by atoms with Crippen LogP contribution in [0.2, 0.25) is 0 Å². The Morgan fingerprint density at radius 2 is 1.39 bits per heavy atom. The largest absolute Gasteiger partial charge is 0.444 e. The summed E-state index contributed by atoms with van der Waals surface area (Å²) in [6, 6.07) is 22.0. The summed E-state index contributed by atoms with van der Waals surface area (Å²) in [7, 11) is 0. The highest BCUT2D eigenvalue weighted by Crippen LogP contribution is 2.25. The number of carbonyl (C=O) groups is 1. The fourth-order valence-corrected chi connectivity index (χ4v) is 2.67. The molecule has 0 saturated heterocycles. The van der Waals surface area contributed by atoms with Crippen LogP contribution in [0.5, 0.6) is 0 Å². The Labute approximate surface area is 160 Å². The van der Waals surface area contributed by atoms with Crippen LogP contribution in [0.4, 0.5) is 20.6 Å². The number of nitrogens with zero attached hydrogens (tertiary/aromatic N) is 1. The summed E-state index contributed by atoms with van der Waals surface area (Å²) in [4.78, 5) is 16.5. The number of halogens is 1. The van der Waals surface area contributed by atoms with E-state index in [2.05, 4.69) is 15.6 Å². The molecule has 2 amide bonds. The zero-order valence-corrected chi connectivity index (χ0v) is 14.7. The third-order valence-electron chi connectivity index (χ3n) is 4.07. The van der Waals surface area contributed by atoms with Gasteiger partial charge in [-0.1, -0.05) is 30.3 Å². The van der Waals surface area contributed by atoms with Crippen molar-refractivity contribution >= 4 is 17.4 Å². The highest BCUT2D eigenvalue weighted by Gasteiger charge is 2.09. The first-order valence-corrected chi connectivity index (χ1v) is 8.62. The molecule has 1 heterocycles. The van der Waals surface area contributed by atoms with Crippen LogP contribution in [0, 0.1) is 5.82 Å². The zero-order valence-electron chi connectivity index (χ0n) is 14.7. The normalized spacial score (nSPS) is 10.5. The molecule has 4 rings (SSSR count). The van der Waals surface area contributed by atoms with Gasteiger partial charge in [-0.05, 0) is 48.5 Å². The molecule has 0 atom stereocenters. The van der Waals surface area contributed by atoms with Gasteiger partial charge in [0.2, 0.25) is 5.89 Å². The van der Waals surface area contributed by atoms with Crippen molar-refractivity contribution in [2.24, 2.45) is 0 Å². The summed E-state index contributed by atoms with van der Waals surface area (Å²) < 4.78 is 18.5. The first kappa shape index (κ1) is 17.5. The van der Waals surface area contributed by atoms with Crippen molar-refractivity contribution in [3.8, 4) is 22.7 Å². The van der Waals surface area contributed by atoms with E-state index < -0.39 is 6.03 Å². The van der Waals surface area contributed by atoms with E-state index in [1.54, 1.807) is 18.4 Å². The Bertz CT molecular complexity index is 1070. The van der Waals surface area contributed by atoms with Crippen LogP contribution < -0.4 is 10.6 Å². The predicted molar refractivity (Wildman–Crippen MR) is 106 cm³/mol. The van der Waals surface area contributed by atoms with Gasteiger partial charge in [0.25, 0.3) is 0 Å². The molecule has 5 nitrogen and oxygen atoms in total. The number of rotatable bonds is 4. The standard InChI is InChI=1S/C22H16FN3O2/c23-17-8-12-19(13-9-17)25-22(27)24-18-10-6-16(7-11-18)21-26-20(14-28-21)15-4-2-1-3-5-15/h1-14H,(H2,24,25,27). The van der Waals surface area contributed by atoms with Crippen LogP contribution in [-0.4, -0.2) is 11.0 Å². The van der Waals surface area contributed by atoms with E-state index in [9.17, 15) is 9.18 Å². The van der Waals surface area contributed by atoms with Crippen molar-refractivity contribution in [1.82, 2.24) is 4.98 Å². The summed E-state index contributed by atoms with van der Waals surface area (Å²) in [5, 5.41) is 5.36. The molecular weight excluding hydrogens is 357 g/mol. The highest BCUT2D eigenvalue weighted by molar-refractivity contribution is 5.99. The van der Waals surface area contributed by atoms with Crippen LogP contribution in [0.25, 0.3) is 22.7 Å². The van der Waals surface area contributed by atoms with E-state index in [0.717, 1.165) is 16.8 Å². The SMILES string of the molecule is O=C(Nc1ccc(F)cc1)Nc1ccc(-c2nc(-c3ccccc3)co2)cc1. The lowest BCUT2D eigenvalue weighted by Gasteiger charge is -2.08. The first-order valence-electron chi connectivity index (χ1n) is 8.62. The predicted octanol–water partition coefficient (Wildman–Crippen LogP) is 5.79. The van der Waals surface area contributed by atoms with E-state index in [-0.39, 0.29) is 5.82 Å². The van der Waals surface area contributed by atoms with Crippen molar-refractivity contribution in [1.29, 1.82) is 0 Å². The van der Waals surface area contributed by atoms with E-state index in [1.807, 2.05) is 42.5 Å². The minimum absolute atomic E-state index is 0.358. The second-order valence-electron chi connectivity index (χ2n) is 6.07. The van der Waals surface area contributed by atoms with E-state index >= 15 is 0 Å². The maximum atomic E-state index is 12.9. The van der Waals surface area contributed by atoms with Gasteiger partial charge in [0.05, 0.1) is 0 Å². The van der Waals surface area contributed by atoms with Gasteiger partial charge in [-0.3, -0.25) is 0 Å². The monoisotopic (exact) mass is 373 g/mol. The van der Waals surface area contributed by atoms with E-state index in [0.29, 0.717) is 17.3 Å². The maximum Gasteiger partial charge on any atom is 0.323 e. The zero-order chi connectivity index (χ0) is 19.3. The Balaban J connectivity index is 1.42. The first-order chi connectivity index (χ1) is 13.7. The third-order valence-corrected chi connectivity index (χ3v) is 4.07. The number of oxazole rings is 1. The van der Waals surface area contributed by atoms with Gasteiger partial charge in [-0.25, -0.2) is 14.2 Å². The summed E-state index contributed by atoms with van der Waals surface area (Å²) in [5.74, 6) is 0.143. The molecule has 0 fully saturated rings.